The van der Waals surface area contributed by atoms with Crippen LogP contribution in [0.25, 0.3) is 0 Å². The van der Waals surface area contributed by atoms with Crippen molar-refractivity contribution in [1.29, 1.82) is 0 Å². The largest absolute Gasteiger partial charge is 0.489 e. The summed E-state index contributed by atoms with van der Waals surface area (Å²) in [6, 6.07) is 9.83. The van der Waals surface area contributed by atoms with E-state index in [-0.39, 0.29) is 30.1 Å². The Bertz CT molecular complexity index is 629. The molecule has 0 fully saturated rings. The minimum atomic E-state index is 0. The first-order valence-electron chi connectivity index (χ1n) is 7.69. The fourth-order valence-corrected chi connectivity index (χ4v) is 2.30. The van der Waals surface area contributed by atoms with Gasteiger partial charge in [0.05, 0.1) is 12.7 Å². The van der Waals surface area contributed by atoms with Gasteiger partial charge in [0, 0.05) is 39.4 Å². The number of guanidine groups is 1. The average Bonchev–Trinajstić information content (AvgIpc) is 2.94. The monoisotopic (exact) mass is 443 g/mol. The van der Waals surface area contributed by atoms with E-state index in [9.17, 15) is 0 Å². The summed E-state index contributed by atoms with van der Waals surface area (Å²) in [5, 5.41) is 7.53. The second-order valence-corrected chi connectivity index (χ2v) is 5.55. The number of ether oxygens (including phenoxy) is 1. The third-order valence-electron chi connectivity index (χ3n) is 3.38. The summed E-state index contributed by atoms with van der Waals surface area (Å²) in [5.41, 5.74) is 1.14. The number of aliphatic imine (C=N–C) groups is 1. The summed E-state index contributed by atoms with van der Waals surface area (Å²) in [7, 11) is 5.70. The van der Waals surface area contributed by atoms with Crippen LogP contribution >= 0.6 is 24.0 Å². The number of aromatic nitrogens is 2. The standard InChI is InChI=1S/C17H25N5O.HI/c1-14(23-16-8-6-5-7-9-16)10-19-17(18-2)21(3)12-15-11-20-22(4)13-15;/h5-9,11,13-14H,10,12H2,1-4H3,(H,18,19);1H. The first kappa shape index (κ1) is 20.3. The van der Waals surface area contributed by atoms with Gasteiger partial charge in [-0.1, -0.05) is 18.2 Å². The molecule has 1 atom stereocenters. The average molecular weight is 443 g/mol. The molecule has 0 saturated carbocycles. The number of para-hydroxylation sites is 1. The van der Waals surface area contributed by atoms with Gasteiger partial charge in [0.1, 0.15) is 11.9 Å². The zero-order chi connectivity index (χ0) is 16.7. The highest BCUT2D eigenvalue weighted by Gasteiger charge is 2.10. The maximum atomic E-state index is 5.86. The number of nitrogens with one attached hydrogen (secondary N) is 1. The molecule has 1 aromatic heterocycles. The molecule has 0 spiro atoms. The Morgan fingerprint density at radius 2 is 2.08 bits per heavy atom. The van der Waals surface area contributed by atoms with E-state index in [1.807, 2.05) is 63.7 Å². The lowest BCUT2D eigenvalue weighted by atomic mass is 10.3. The lowest BCUT2D eigenvalue weighted by Crippen LogP contribution is -2.42. The van der Waals surface area contributed by atoms with Crippen molar-refractivity contribution >= 4 is 29.9 Å². The SMILES string of the molecule is CN=C(NCC(C)Oc1ccccc1)N(C)Cc1cnn(C)c1.I. The molecule has 132 valence electrons. The van der Waals surface area contributed by atoms with Crippen molar-refractivity contribution < 1.29 is 4.74 Å². The molecule has 0 aliphatic carbocycles. The van der Waals surface area contributed by atoms with E-state index >= 15 is 0 Å². The highest BCUT2D eigenvalue weighted by Crippen LogP contribution is 2.10. The number of hydrogen-bond acceptors (Lipinski definition) is 3. The van der Waals surface area contributed by atoms with Crippen LogP contribution in [0.5, 0.6) is 5.75 Å². The summed E-state index contributed by atoms with van der Waals surface area (Å²) >= 11 is 0. The summed E-state index contributed by atoms with van der Waals surface area (Å²) in [6.07, 6.45) is 3.91. The van der Waals surface area contributed by atoms with E-state index < -0.39 is 0 Å². The minimum Gasteiger partial charge on any atom is -0.489 e. The molecule has 0 aliphatic rings. The molecule has 6 nitrogen and oxygen atoms in total. The molecular weight excluding hydrogens is 417 g/mol. The molecule has 24 heavy (non-hydrogen) atoms. The molecule has 1 unspecified atom stereocenters. The molecule has 0 saturated heterocycles. The van der Waals surface area contributed by atoms with Gasteiger partial charge < -0.3 is 15.0 Å². The summed E-state index contributed by atoms with van der Waals surface area (Å²) in [4.78, 5) is 6.38. The smallest absolute Gasteiger partial charge is 0.193 e. The van der Waals surface area contributed by atoms with Gasteiger partial charge in [0.15, 0.2) is 5.96 Å². The summed E-state index contributed by atoms with van der Waals surface area (Å²) < 4.78 is 7.66. The highest BCUT2D eigenvalue weighted by molar-refractivity contribution is 14.0. The fourth-order valence-electron chi connectivity index (χ4n) is 2.30. The number of benzene rings is 1. The number of halogens is 1. The van der Waals surface area contributed by atoms with Gasteiger partial charge in [-0.3, -0.25) is 9.67 Å². The van der Waals surface area contributed by atoms with Gasteiger partial charge in [-0.15, -0.1) is 24.0 Å². The van der Waals surface area contributed by atoms with E-state index in [2.05, 4.69) is 20.3 Å². The quantitative estimate of drug-likeness (QED) is 0.424. The Morgan fingerprint density at radius 3 is 2.67 bits per heavy atom. The highest BCUT2D eigenvalue weighted by atomic mass is 127. The van der Waals surface area contributed by atoms with Gasteiger partial charge in [-0.2, -0.15) is 5.10 Å². The first-order chi connectivity index (χ1) is 11.1. The molecule has 0 radical (unpaired) electrons. The van der Waals surface area contributed by atoms with Crippen molar-refractivity contribution in [3.8, 4) is 5.75 Å². The van der Waals surface area contributed by atoms with Crippen molar-refractivity contribution in [3.05, 3.63) is 48.3 Å². The van der Waals surface area contributed by atoms with Crippen LogP contribution in [0.3, 0.4) is 0 Å². The molecular formula is C17H26IN5O. The van der Waals surface area contributed by atoms with Gasteiger partial charge in [-0.25, -0.2) is 0 Å². The number of nitrogens with zero attached hydrogens (tertiary/aromatic N) is 4. The van der Waals surface area contributed by atoms with Crippen LogP contribution in [0.4, 0.5) is 0 Å². The molecule has 0 aliphatic heterocycles. The second kappa shape index (κ2) is 10.2. The zero-order valence-corrected chi connectivity index (χ0v) is 17.0. The van der Waals surface area contributed by atoms with Crippen LogP contribution in [0, 0.1) is 0 Å². The van der Waals surface area contributed by atoms with E-state index in [4.69, 9.17) is 4.74 Å². The van der Waals surface area contributed by atoms with Gasteiger partial charge in [0.2, 0.25) is 0 Å². The maximum absolute atomic E-state index is 5.86. The van der Waals surface area contributed by atoms with Crippen LogP contribution in [0.2, 0.25) is 0 Å². The Hall–Kier alpha value is -1.77. The van der Waals surface area contributed by atoms with Gasteiger partial charge in [-0.05, 0) is 19.1 Å². The molecule has 1 aromatic carbocycles. The molecule has 7 heteroatoms. The molecule has 0 bridgehead atoms. The Morgan fingerprint density at radius 1 is 1.38 bits per heavy atom. The van der Waals surface area contributed by atoms with E-state index in [1.54, 1.807) is 11.7 Å². The molecule has 0 amide bonds. The van der Waals surface area contributed by atoms with Crippen molar-refractivity contribution in [1.82, 2.24) is 20.0 Å². The fraction of sp³-hybridized carbons (Fsp3) is 0.412. The lowest BCUT2D eigenvalue weighted by molar-refractivity contribution is 0.222. The summed E-state index contributed by atoms with van der Waals surface area (Å²) in [5.74, 6) is 1.71. The summed E-state index contributed by atoms with van der Waals surface area (Å²) in [6.45, 7) is 3.47. The van der Waals surface area contributed by atoms with Gasteiger partial charge >= 0.3 is 0 Å². The zero-order valence-electron chi connectivity index (χ0n) is 14.6. The van der Waals surface area contributed by atoms with Crippen molar-refractivity contribution in [3.63, 3.8) is 0 Å². The molecule has 2 aromatic rings. The molecule has 1 N–H and O–H groups in total. The van der Waals surface area contributed by atoms with E-state index in [1.165, 1.54) is 0 Å². The number of rotatable bonds is 6. The number of hydrogen-bond donors (Lipinski definition) is 1. The van der Waals surface area contributed by atoms with Crippen LogP contribution in [0.1, 0.15) is 12.5 Å². The second-order valence-electron chi connectivity index (χ2n) is 5.55. The van der Waals surface area contributed by atoms with Crippen LogP contribution in [-0.4, -0.2) is 47.4 Å². The topological polar surface area (TPSA) is 54.7 Å². The van der Waals surface area contributed by atoms with Crippen molar-refractivity contribution in [2.45, 2.75) is 19.6 Å². The predicted octanol–water partition coefficient (Wildman–Crippen LogP) is 2.51. The third kappa shape index (κ3) is 6.38. The third-order valence-corrected chi connectivity index (χ3v) is 3.38. The number of aryl methyl sites for hydroxylation is 1. The molecule has 2 rings (SSSR count). The lowest BCUT2D eigenvalue weighted by Gasteiger charge is -2.23. The van der Waals surface area contributed by atoms with Crippen LogP contribution in [0.15, 0.2) is 47.7 Å². The van der Waals surface area contributed by atoms with E-state index in [0.717, 1.165) is 23.8 Å². The predicted molar refractivity (Wildman–Crippen MR) is 108 cm³/mol. The first-order valence-corrected chi connectivity index (χ1v) is 7.69. The molecule has 1 heterocycles. The van der Waals surface area contributed by atoms with Gasteiger partial charge in [0.25, 0.3) is 0 Å². The van der Waals surface area contributed by atoms with Crippen LogP contribution < -0.4 is 10.1 Å². The Kier molecular flexibility index (Phi) is 8.59. The Labute approximate surface area is 160 Å². The minimum absolute atomic E-state index is 0. The van der Waals surface area contributed by atoms with E-state index in [0.29, 0.717) is 6.54 Å². The van der Waals surface area contributed by atoms with Crippen molar-refractivity contribution in [2.75, 3.05) is 20.6 Å². The Balaban J connectivity index is 0.00000288. The maximum Gasteiger partial charge on any atom is 0.193 e. The normalized spacial score (nSPS) is 12.2. The van der Waals surface area contributed by atoms with Crippen molar-refractivity contribution in [2.24, 2.45) is 12.0 Å². The van der Waals surface area contributed by atoms with Crippen LogP contribution in [-0.2, 0) is 13.6 Å².